The number of hydrogen-bond donors (Lipinski definition) is 1. The van der Waals surface area contributed by atoms with Gasteiger partial charge in [-0.15, -0.1) is 11.3 Å². The van der Waals surface area contributed by atoms with Crippen LogP contribution in [0.5, 0.6) is 5.75 Å². The fourth-order valence-electron chi connectivity index (χ4n) is 1.21. The van der Waals surface area contributed by atoms with Crippen LogP contribution in [0, 0.1) is 3.57 Å². The summed E-state index contributed by atoms with van der Waals surface area (Å²) in [6.45, 7) is 0. The lowest BCUT2D eigenvalue weighted by molar-refractivity contribution is 0.156. The first kappa shape index (κ1) is 10.1. The first-order valence-electron chi connectivity index (χ1n) is 3.78. The van der Waals surface area contributed by atoms with Gasteiger partial charge in [0.2, 0.25) is 0 Å². The van der Waals surface area contributed by atoms with Crippen molar-refractivity contribution in [2.75, 3.05) is 0 Å². The van der Waals surface area contributed by atoms with Gasteiger partial charge in [0, 0.05) is 13.7 Å². The lowest BCUT2D eigenvalue weighted by Crippen LogP contribution is -1.73. The fourth-order valence-corrected chi connectivity index (χ4v) is 3.01. The standard InChI is InChI=1S/C9H5F2IOS/c10-9(11)8-3-5-6(13)1-4(12)2-7(5)14-8/h1-3,9,13H. The maximum absolute atomic E-state index is 12.4. The summed E-state index contributed by atoms with van der Waals surface area (Å²) in [5.74, 6) is 0.0649. The van der Waals surface area contributed by atoms with Crippen LogP contribution in [-0.2, 0) is 0 Å². The van der Waals surface area contributed by atoms with Crippen LogP contribution >= 0.6 is 33.9 Å². The summed E-state index contributed by atoms with van der Waals surface area (Å²) in [7, 11) is 0. The molecule has 0 radical (unpaired) electrons. The molecule has 0 bridgehead atoms. The molecule has 0 atom stereocenters. The predicted molar refractivity (Wildman–Crippen MR) is 61.2 cm³/mol. The molecule has 0 amide bonds. The zero-order valence-electron chi connectivity index (χ0n) is 6.80. The summed E-state index contributed by atoms with van der Waals surface area (Å²) < 4.78 is 26.3. The molecular weight excluding hydrogens is 321 g/mol. The molecule has 2 rings (SSSR count). The SMILES string of the molecule is Oc1cc(I)cc2sc(C(F)F)cc12. The number of phenols is 1. The number of phenolic OH excluding ortho intramolecular Hbond substituents is 1. The van der Waals surface area contributed by atoms with Gasteiger partial charge in [-0.2, -0.15) is 0 Å². The van der Waals surface area contributed by atoms with E-state index in [0.29, 0.717) is 10.1 Å². The molecule has 0 aliphatic heterocycles. The lowest BCUT2D eigenvalue weighted by Gasteiger charge is -1.94. The van der Waals surface area contributed by atoms with Gasteiger partial charge in [0.15, 0.2) is 0 Å². The van der Waals surface area contributed by atoms with Crippen LogP contribution in [0.25, 0.3) is 10.1 Å². The first-order valence-corrected chi connectivity index (χ1v) is 5.67. The summed E-state index contributed by atoms with van der Waals surface area (Å²) in [5, 5.41) is 10.0. The Balaban J connectivity index is 2.70. The van der Waals surface area contributed by atoms with Crippen LogP contribution in [0.2, 0.25) is 0 Å². The number of thiophene rings is 1. The molecule has 0 saturated carbocycles. The second kappa shape index (κ2) is 3.62. The van der Waals surface area contributed by atoms with Gasteiger partial charge >= 0.3 is 0 Å². The van der Waals surface area contributed by atoms with Gasteiger partial charge in [0.1, 0.15) is 5.75 Å². The Kier molecular flexibility index (Phi) is 2.61. The van der Waals surface area contributed by atoms with Crippen LogP contribution < -0.4 is 0 Å². The number of alkyl halides is 2. The Labute approximate surface area is 96.5 Å². The first-order chi connectivity index (χ1) is 6.58. The minimum atomic E-state index is -2.47. The van der Waals surface area contributed by atoms with Gasteiger partial charge in [-0.25, -0.2) is 8.78 Å². The minimum absolute atomic E-state index is 0.00250. The molecule has 74 valence electrons. The molecule has 14 heavy (non-hydrogen) atoms. The quantitative estimate of drug-likeness (QED) is 0.781. The van der Waals surface area contributed by atoms with E-state index in [1.807, 2.05) is 22.6 Å². The zero-order valence-corrected chi connectivity index (χ0v) is 9.77. The smallest absolute Gasteiger partial charge is 0.272 e. The van der Waals surface area contributed by atoms with Crippen LogP contribution in [0.4, 0.5) is 8.78 Å². The summed E-state index contributed by atoms with van der Waals surface area (Å²) in [6.07, 6.45) is -2.47. The number of hydrogen-bond acceptors (Lipinski definition) is 2. The van der Waals surface area contributed by atoms with E-state index >= 15 is 0 Å². The van der Waals surface area contributed by atoms with Gasteiger partial charge in [0.25, 0.3) is 6.43 Å². The normalized spacial score (nSPS) is 11.4. The van der Waals surface area contributed by atoms with E-state index in [9.17, 15) is 13.9 Å². The van der Waals surface area contributed by atoms with Gasteiger partial charge in [-0.1, -0.05) is 0 Å². The molecule has 0 fully saturated rings. The van der Waals surface area contributed by atoms with Crippen molar-refractivity contribution in [3.05, 3.63) is 26.6 Å². The van der Waals surface area contributed by atoms with E-state index in [0.717, 1.165) is 14.9 Å². The highest BCUT2D eigenvalue weighted by atomic mass is 127. The number of aromatic hydroxyl groups is 1. The second-order valence-corrected chi connectivity index (χ2v) is 5.15. The third kappa shape index (κ3) is 1.70. The van der Waals surface area contributed by atoms with Gasteiger partial charge in [-0.3, -0.25) is 0 Å². The summed E-state index contributed by atoms with van der Waals surface area (Å²) in [5.41, 5.74) is 0. The van der Waals surface area contributed by atoms with E-state index in [2.05, 4.69) is 0 Å². The molecule has 0 saturated heterocycles. The number of fused-ring (bicyclic) bond motifs is 1. The fraction of sp³-hybridized carbons (Fsp3) is 0.111. The maximum atomic E-state index is 12.4. The second-order valence-electron chi connectivity index (χ2n) is 2.79. The summed E-state index contributed by atoms with van der Waals surface area (Å²) in [4.78, 5) is -0.00250. The lowest BCUT2D eigenvalue weighted by atomic mass is 10.2. The maximum Gasteiger partial charge on any atom is 0.272 e. The Morgan fingerprint density at radius 2 is 2.00 bits per heavy atom. The molecular formula is C9H5F2IOS. The third-order valence-electron chi connectivity index (χ3n) is 1.81. The Hall–Kier alpha value is -0.430. The third-order valence-corrected chi connectivity index (χ3v) is 3.53. The van der Waals surface area contributed by atoms with Crippen molar-refractivity contribution in [2.45, 2.75) is 6.43 Å². The van der Waals surface area contributed by atoms with Crippen molar-refractivity contribution < 1.29 is 13.9 Å². The highest BCUT2D eigenvalue weighted by Gasteiger charge is 2.13. The number of rotatable bonds is 1. The van der Waals surface area contributed by atoms with Crippen LogP contribution in [0.15, 0.2) is 18.2 Å². The Morgan fingerprint density at radius 1 is 1.29 bits per heavy atom. The van der Waals surface area contributed by atoms with Gasteiger partial charge in [0.05, 0.1) is 4.88 Å². The Bertz CT molecular complexity index is 481. The summed E-state index contributed by atoms with van der Waals surface area (Å²) >= 11 is 3.06. The van der Waals surface area contributed by atoms with Gasteiger partial charge in [-0.05, 0) is 40.8 Å². The zero-order chi connectivity index (χ0) is 10.3. The highest BCUT2D eigenvalue weighted by Crippen LogP contribution is 2.37. The number of halogens is 3. The van der Waals surface area contributed by atoms with Crippen LogP contribution in [0.1, 0.15) is 11.3 Å². The monoisotopic (exact) mass is 326 g/mol. The number of benzene rings is 1. The molecule has 1 aromatic carbocycles. The van der Waals surface area contributed by atoms with E-state index < -0.39 is 6.43 Å². The molecule has 0 aliphatic rings. The Morgan fingerprint density at radius 3 is 2.64 bits per heavy atom. The van der Waals surface area contributed by atoms with E-state index in [-0.39, 0.29) is 10.6 Å². The van der Waals surface area contributed by atoms with Crippen molar-refractivity contribution in [2.24, 2.45) is 0 Å². The van der Waals surface area contributed by atoms with E-state index in [1.165, 1.54) is 6.07 Å². The van der Waals surface area contributed by atoms with Crippen molar-refractivity contribution in [1.82, 2.24) is 0 Å². The topological polar surface area (TPSA) is 20.2 Å². The van der Waals surface area contributed by atoms with E-state index in [1.54, 1.807) is 12.1 Å². The average Bonchev–Trinajstić information content (AvgIpc) is 2.47. The molecule has 5 heteroatoms. The van der Waals surface area contributed by atoms with Crippen molar-refractivity contribution in [1.29, 1.82) is 0 Å². The average molecular weight is 326 g/mol. The summed E-state index contributed by atoms with van der Waals surface area (Å²) in [6, 6.07) is 4.69. The van der Waals surface area contributed by atoms with Crippen LogP contribution in [-0.4, -0.2) is 5.11 Å². The van der Waals surface area contributed by atoms with Crippen LogP contribution in [0.3, 0.4) is 0 Å². The van der Waals surface area contributed by atoms with Gasteiger partial charge < -0.3 is 5.11 Å². The van der Waals surface area contributed by atoms with Crippen molar-refractivity contribution in [3.8, 4) is 5.75 Å². The molecule has 1 nitrogen and oxygen atoms in total. The molecule has 1 heterocycles. The molecule has 1 N–H and O–H groups in total. The molecule has 1 aromatic heterocycles. The van der Waals surface area contributed by atoms with E-state index in [4.69, 9.17) is 0 Å². The highest BCUT2D eigenvalue weighted by molar-refractivity contribution is 14.1. The molecule has 2 aromatic rings. The molecule has 0 aliphatic carbocycles. The molecule has 0 unspecified atom stereocenters. The molecule has 0 spiro atoms. The van der Waals surface area contributed by atoms with Crippen molar-refractivity contribution >= 4 is 44.0 Å². The predicted octanol–water partition coefficient (Wildman–Crippen LogP) is 4.15. The minimum Gasteiger partial charge on any atom is -0.507 e. The largest absolute Gasteiger partial charge is 0.507 e. The van der Waals surface area contributed by atoms with Crippen molar-refractivity contribution in [3.63, 3.8) is 0 Å².